The Hall–Kier alpha value is -2.26. The van der Waals surface area contributed by atoms with Crippen LogP contribution in [0, 0.1) is 6.92 Å². The number of hydrogen-bond donors (Lipinski definition) is 0. The van der Waals surface area contributed by atoms with Gasteiger partial charge in [0.25, 0.3) is 0 Å². The van der Waals surface area contributed by atoms with Crippen molar-refractivity contribution >= 4 is 21.7 Å². The molecule has 0 saturated carbocycles. The molecule has 2 saturated heterocycles. The van der Waals surface area contributed by atoms with Gasteiger partial charge in [-0.2, -0.15) is 4.31 Å². The Bertz CT molecular complexity index is 891. The van der Waals surface area contributed by atoms with E-state index in [0.29, 0.717) is 26.2 Å². The quantitative estimate of drug-likeness (QED) is 0.780. The average molecular weight is 388 g/mol. The van der Waals surface area contributed by atoms with Gasteiger partial charge in [-0.3, -0.25) is 4.98 Å². The lowest BCUT2D eigenvalue weighted by molar-refractivity contribution is 0.383. The SMILES string of the molecule is Cc1nc(N2CCCC2)cc(N2CCN(S(=O)(=O)c3cccnc3)CC2)n1. The summed E-state index contributed by atoms with van der Waals surface area (Å²) in [6.45, 7) is 6.05. The molecular weight excluding hydrogens is 364 g/mol. The molecule has 2 aromatic rings. The van der Waals surface area contributed by atoms with Gasteiger partial charge in [-0.25, -0.2) is 18.4 Å². The highest BCUT2D eigenvalue weighted by atomic mass is 32.2. The summed E-state index contributed by atoms with van der Waals surface area (Å²) in [5.41, 5.74) is 0. The fraction of sp³-hybridized carbons (Fsp3) is 0.500. The summed E-state index contributed by atoms with van der Waals surface area (Å²) in [4.78, 5) is 17.8. The van der Waals surface area contributed by atoms with Crippen molar-refractivity contribution < 1.29 is 8.42 Å². The van der Waals surface area contributed by atoms with E-state index in [1.807, 2.05) is 13.0 Å². The maximum Gasteiger partial charge on any atom is 0.244 e. The highest BCUT2D eigenvalue weighted by Gasteiger charge is 2.29. The summed E-state index contributed by atoms with van der Waals surface area (Å²) < 4.78 is 27.0. The van der Waals surface area contributed by atoms with Crippen molar-refractivity contribution in [2.24, 2.45) is 0 Å². The van der Waals surface area contributed by atoms with E-state index in [2.05, 4.69) is 24.8 Å². The van der Waals surface area contributed by atoms with E-state index in [-0.39, 0.29) is 4.90 Å². The summed E-state index contributed by atoms with van der Waals surface area (Å²) in [5, 5.41) is 0. The first kappa shape index (κ1) is 18.1. The monoisotopic (exact) mass is 388 g/mol. The molecule has 9 heteroatoms. The zero-order valence-corrected chi connectivity index (χ0v) is 16.3. The van der Waals surface area contributed by atoms with Crippen LogP contribution in [0.25, 0.3) is 0 Å². The summed E-state index contributed by atoms with van der Waals surface area (Å²) in [5.74, 6) is 2.60. The molecule has 4 heterocycles. The number of aromatic nitrogens is 3. The molecule has 2 aromatic heterocycles. The Morgan fingerprint density at radius 2 is 1.56 bits per heavy atom. The molecule has 8 nitrogen and oxygen atoms in total. The molecule has 2 fully saturated rings. The van der Waals surface area contributed by atoms with E-state index in [0.717, 1.165) is 30.5 Å². The topological polar surface area (TPSA) is 82.5 Å². The Balaban J connectivity index is 1.48. The second-order valence-electron chi connectivity index (χ2n) is 6.91. The molecule has 0 amide bonds. The molecule has 0 N–H and O–H groups in total. The fourth-order valence-electron chi connectivity index (χ4n) is 3.61. The molecule has 144 valence electrons. The zero-order valence-electron chi connectivity index (χ0n) is 15.5. The van der Waals surface area contributed by atoms with Gasteiger partial charge in [-0.05, 0) is 31.9 Å². The molecule has 2 aliphatic rings. The average Bonchev–Trinajstić information content (AvgIpc) is 3.23. The van der Waals surface area contributed by atoms with Crippen LogP contribution in [-0.2, 0) is 10.0 Å². The fourth-order valence-corrected chi connectivity index (χ4v) is 5.00. The van der Waals surface area contributed by atoms with Crippen molar-refractivity contribution in [2.75, 3.05) is 49.1 Å². The molecule has 0 atom stereocenters. The molecule has 0 aromatic carbocycles. The summed E-state index contributed by atoms with van der Waals surface area (Å²) >= 11 is 0. The smallest absolute Gasteiger partial charge is 0.244 e. The minimum atomic E-state index is -3.49. The van der Waals surface area contributed by atoms with E-state index in [9.17, 15) is 8.42 Å². The lowest BCUT2D eigenvalue weighted by atomic mass is 10.3. The maximum atomic E-state index is 12.7. The number of nitrogens with zero attached hydrogens (tertiary/aromatic N) is 6. The van der Waals surface area contributed by atoms with E-state index in [1.54, 1.807) is 18.3 Å². The van der Waals surface area contributed by atoms with Crippen LogP contribution in [0.15, 0.2) is 35.5 Å². The van der Waals surface area contributed by atoms with Crippen LogP contribution in [0.3, 0.4) is 0 Å². The van der Waals surface area contributed by atoms with Gasteiger partial charge in [0, 0.05) is 57.7 Å². The first-order valence-electron chi connectivity index (χ1n) is 9.30. The van der Waals surface area contributed by atoms with Crippen molar-refractivity contribution in [1.82, 2.24) is 19.3 Å². The number of pyridine rings is 1. The lowest BCUT2D eigenvalue weighted by Crippen LogP contribution is -2.49. The number of rotatable bonds is 4. The zero-order chi connectivity index (χ0) is 18.9. The second kappa shape index (κ2) is 7.40. The number of anilines is 2. The van der Waals surface area contributed by atoms with Gasteiger partial charge in [0.2, 0.25) is 10.0 Å². The minimum absolute atomic E-state index is 0.243. The summed E-state index contributed by atoms with van der Waals surface area (Å²) in [7, 11) is -3.49. The van der Waals surface area contributed by atoms with Gasteiger partial charge in [0.05, 0.1) is 0 Å². The number of piperazine rings is 1. The van der Waals surface area contributed by atoms with Crippen LogP contribution in [-0.4, -0.2) is 66.9 Å². The van der Waals surface area contributed by atoms with Crippen LogP contribution in [0.4, 0.5) is 11.6 Å². The molecule has 27 heavy (non-hydrogen) atoms. The third-order valence-electron chi connectivity index (χ3n) is 5.08. The van der Waals surface area contributed by atoms with Gasteiger partial charge in [0.1, 0.15) is 22.4 Å². The van der Waals surface area contributed by atoms with Gasteiger partial charge in [-0.1, -0.05) is 0 Å². The van der Waals surface area contributed by atoms with Crippen molar-refractivity contribution in [3.05, 3.63) is 36.4 Å². The van der Waals surface area contributed by atoms with E-state index in [1.165, 1.54) is 23.3 Å². The Labute approximate surface area is 159 Å². The molecular formula is C18H24N6O2S. The molecule has 2 aliphatic heterocycles. The van der Waals surface area contributed by atoms with Crippen molar-refractivity contribution in [1.29, 1.82) is 0 Å². The van der Waals surface area contributed by atoms with Crippen LogP contribution in [0.5, 0.6) is 0 Å². The van der Waals surface area contributed by atoms with Gasteiger partial charge in [-0.15, -0.1) is 0 Å². The third-order valence-corrected chi connectivity index (χ3v) is 6.96. The van der Waals surface area contributed by atoms with Crippen LogP contribution >= 0.6 is 0 Å². The third kappa shape index (κ3) is 3.74. The summed E-state index contributed by atoms with van der Waals surface area (Å²) in [6, 6.07) is 5.26. The minimum Gasteiger partial charge on any atom is -0.356 e. The van der Waals surface area contributed by atoms with Crippen LogP contribution in [0.1, 0.15) is 18.7 Å². The normalized spacial score (nSPS) is 18.9. The predicted molar refractivity (Wildman–Crippen MR) is 103 cm³/mol. The maximum absolute atomic E-state index is 12.7. The molecule has 0 bridgehead atoms. The van der Waals surface area contributed by atoms with Gasteiger partial charge < -0.3 is 9.80 Å². The summed E-state index contributed by atoms with van der Waals surface area (Å²) in [6.07, 6.45) is 5.37. The van der Waals surface area contributed by atoms with Crippen molar-refractivity contribution in [2.45, 2.75) is 24.7 Å². The number of hydrogen-bond acceptors (Lipinski definition) is 7. The first-order valence-corrected chi connectivity index (χ1v) is 10.7. The largest absolute Gasteiger partial charge is 0.356 e. The van der Waals surface area contributed by atoms with Crippen LogP contribution < -0.4 is 9.80 Å². The van der Waals surface area contributed by atoms with Gasteiger partial charge in [0.15, 0.2) is 0 Å². The molecule has 4 rings (SSSR count). The predicted octanol–water partition coefficient (Wildman–Crippen LogP) is 1.29. The van der Waals surface area contributed by atoms with E-state index >= 15 is 0 Å². The lowest BCUT2D eigenvalue weighted by Gasteiger charge is -2.35. The molecule has 0 aliphatic carbocycles. The highest BCUT2D eigenvalue weighted by Crippen LogP contribution is 2.24. The standard InChI is InChI=1S/C18H24N6O2S/c1-15-20-17(22-7-2-3-8-22)13-18(21-15)23-9-11-24(12-10-23)27(25,26)16-5-4-6-19-14-16/h4-6,13-14H,2-3,7-12H2,1H3. The Morgan fingerprint density at radius 3 is 2.15 bits per heavy atom. The molecule has 0 spiro atoms. The van der Waals surface area contributed by atoms with E-state index in [4.69, 9.17) is 0 Å². The van der Waals surface area contributed by atoms with Crippen molar-refractivity contribution in [3.8, 4) is 0 Å². The number of aryl methyl sites for hydroxylation is 1. The van der Waals surface area contributed by atoms with Gasteiger partial charge >= 0.3 is 0 Å². The van der Waals surface area contributed by atoms with Crippen LogP contribution in [0.2, 0.25) is 0 Å². The highest BCUT2D eigenvalue weighted by molar-refractivity contribution is 7.89. The Morgan fingerprint density at radius 1 is 0.926 bits per heavy atom. The number of sulfonamides is 1. The van der Waals surface area contributed by atoms with Crippen molar-refractivity contribution in [3.63, 3.8) is 0 Å². The molecule has 0 radical (unpaired) electrons. The first-order chi connectivity index (χ1) is 13.0. The van der Waals surface area contributed by atoms with E-state index < -0.39 is 10.0 Å². The second-order valence-corrected chi connectivity index (χ2v) is 8.84. The molecule has 0 unspecified atom stereocenters. The Kier molecular flexibility index (Phi) is 4.96.